The van der Waals surface area contributed by atoms with Gasteiger partial charge in [0.25, 0.3) is 0 Å². The first-order valence-electron chi connectivity index (χ1n) is 9.15. The van der Waals surface area contributed by atoms with Gasteiger partial charge < -0.3 is 9.47 Å². The normalized spacial score (nSPS) is 31.3. The van der Waals surface area contributed by atoms with Crippen LogP contribution < -0.4 is 0 Å². The quantitative estimate of drug-likeness (QED) is 0.571. The van der Waals surface area contributed by atoms with Gasteiger partial charge in [0.2, 0.25) is 0 Å². The standard InChI is InChI=1S/C22H25BrO2/c1-21(16-23)13-8-14-22(15-21)24-19(17-9-4-2-5-10-17)20(25-22)18-11-6-3-7-12-18/h2-7,9-12,19-20H,8,13-16H2,1H3/t19-,20-,21+/m1/s1. The molecule has 2 nitrogen and oxygen atoms in total. The van der Waals surface area contributed by atoms with Gasteiger partial charge in [-0.1, -0.05) is 83.5 Å². The van der Waals surface area contributed by atoms with Crippen LogP contribution in [0.4, 0.5) is 0 Å². The molecule has 2 aromatic carbocycles. The van der Waals surface area contributed by atoms with Crippen LogP contribution in [0.1, 0.15) is 55.9 Å². The van der Waals surface area contributed by atoms with E-state index in [-0.39, 0.29) is 17.6 Å². The van der Waals surface area contributed by atoms with Crippen LogP contribution >= 0.6 is 15.9 Å². The SMILES string of the molecule is C[C@]1(CBr)CCCC2(C1)O[C@H](c1ccccc1)[C@@H](c1ccccc1)O2. The molecule has 0 radical (unpaired) electrons. The minimum Gasteiger partial charge on any atom is -0.339 e. The van der Waals surface area contributed by atoms with Crippen LogP contribution in [0.3, 0.4) is 0 Å². The molecule has 2 fully saturated rings. The summed E-state index contributed by atoms with van der Waals surface area (Å²) >= 11 is 3.71. The molecule has 3 heteroatoms. The highest BCUT2D eigenvalue weighted by Crippen LogP contribution is 2.55. The molecule has 4 rings (SSSR count). The number of benzene rings is 2. The van der Waals surface area contributed by atoms with Crippen molar-refractivity contribution in [2.75, 3.05) is 5.33 Å². The lowest BCUT2D eigenvalue weighted by Gasteiger charge is -2.42. The maximum atomic E-state index is 6.70. The van der Waals surface area contributed by atoms with Gasteiger partial charge in [-0.3, -0.25) is 0 Å². The lowest BCUT2D eigenvalue weighted by molar-refractivity contribution is -0.213. The number of hydrogen-bond acceptors (Lipinski definition) is 2. The second kappa shape index (κ2) is 6.86. The fraction of sp³-hybridized carbons (Fsp3) is 0.455. The van der Waals surface area contributed by atoms with Crippen molar-refractivity contribution in [1.82, 2.24) is 0 Å². The summed E-state index contributed by atoms with van der Waals surface area (Å²) < 4.78 is 13.4. The van der Waals surface area contributed by atoms with E-state index >= 15 is 0 Å². The molecule has 1 spiro atoms. The van der Waals surface area contributed by atoms with Crippen molar-refractivity contribution in [1.29, 1.82) is 0 Å². The van der Waals surface area contributed by atoms with Gasteiger partial charge in [0, 0.05) is 18.2 Å². The van der Waals surface area contributed by atoms with Gasteiger partial charge in [-0.25, -0.2) is 0 Å². The molecular formula is C22H25BrO2. The Morgan fingerprint density at radius 1 is 0.880 bits per heavy atom. The molecule has 1 heterocycles. The summed E-state index contributed by atoms with van der Waals surface area (Å²) in [5.41, 5.74) is 2.61. The van der Waals surface area contributed by atoms with Crippen molar-refractivity contribution in [2.24, 2.45) is 5.41 Å². The van der Waals surface area contributed by atoms with Crippen LogP contribution in [0.2, 0.25) is 0 Å². The Labute approximate surface area is 158 Å². The van der Waals surface area contributed by atoms with Crippen molar-refractivity contribution >= 4 is 15.9 Å². The summed E-state index contributed by atoms with van der Waals surface area (Å²) in [5, 5.41) is 0.987. The Hall–Kier alpha value is -1.16. The molecule has 25 heavy (non-hydrogen) atoms. The lowest BCUT2D eigenvalue weighted by Crippen LogP contribution is -2.42. The highest BCUT2D eigenvalue weighted by molar-refractivity contribution is 9.09. The molecule has 0 bridgehead atoms. The van der Waals surface area contributed by atoms with Crippen LogP contribution in [-0.2, 0) is 9.47 Å². The van der Waals surface area contributed by atoms with Crippen LogP contribution in [0.15, 0.2) is 60.7 Å². The summed E-state index contributed by atoms with van der Waals surface area (Å²) in [6.07, 6.45) is 4.17. The summed E-state index contributed by atoms with van der Waals surface area (Å²) in [5.74, 6) is -0.470. The third kappa shape index (κ3) is 3.42. The fourth-order valence-corrected chi connectivity index (χ4v) is 4.79. The average molecular weight is 401 g/mol. The van der Waals surface area contributed by atoms with E-state index in [4.69, 9.17) is 9.47 Å². The minimum absolute atomic E-state index is 0.0544. The largest absolute Gasteiger partial charge is 0.339 e. The van der Waals surface area contributed by atoms with Crippen LogP contribution in [-0.4, -0.2) is 11.1 Å². The maximum Gasteiger partial charge on any atom is 0.170 e. The third-order valence-corrected chi connectivity index (χ3v) is 6.93. The van der Waals surface area contributed by atoms with E-state index in [2.05, 4.69) is 83.5 Å². The van der Waals surface area contributed by atoms with E-state index in [1.54, 1.807) is 0 Å². The minimum atomic E-state index is -0.470. The zero-order valence-corrected chi connectivity index (χ0v) is 16.2. The Kier molecular flexibility index (Phi) is 4.74. The molecule has 1 aliphatic carbocycles. The summed E-state index contributed by atoms with van der Waals surface area (Å²) in [7, 11) is 0. The summed E-state index contributed by atoms with van der Waals surface area (Å²) in [4.78, 5) is 0. The van der Waals surface area contributed by atoms with Crippen molar-refractivity contribution < 1.29 is 9.47 Å². The van der Waals surface area contributed by atoms with E-state index in [0.29, 0.717) is 0 Å². The predicted octanol–water partition coefficient (Wildman–Crippen LogP) is 6.19. The molecule has 2 aliphatic rings. The summed E-state index contributed by atoms with van der Waals surface area (Å²) in [6, 6.07) is 21.0. The van der Waals surface area contributed by atoms with Gasteiger partial charge in [-0.2, -0.15) is 0 Å². The van der Waals surface area contributed by atoms with E-state index in [1.807, 2.05) is 0 Å². The Morgan fingerprint density at radius 3 is 1.88 bits per heavy atom. The third-order valence-electron chi connectivity index (χ3n) is 5.57. The Balaban J connectivity index is 1.69. The van der Waals surface area contributed by atoms with E-state index in [0.717, 1.165) is 24.6 Å². The van der Waals surface area contributed by atoms with E-state index < -0.39 is 5.79 Å². The van der Waals surface area contributed by atoms with Gasteiger partial charge in [-0.05, 0) is 29.4 Å². The molecule has 3 atom stereocenters. The number of ether oxygens (including phenoxy) is 2. The number of alkyl halides is 1. The summed E-state index contributed by atoms with van der Waals surface area (Å²) in [6.45, 7) is 2.34. The molecular weight excluding hydrogens is 376 g/mol. The van der Waals surface area contributed by atoms with Gasteiger partial charge in [-0.15, -0.1) is 0 Å². The predicted molar refractivity (Wildman–Crippen MR) is 104 cm³/mol. The number of hydrogen-bond donors (Lipinski definition) is 0. The van der Waals surface area contributed by atoms with Gasteiger partial charge in [0.1, 0.15) is 12.2 Å². The number of halogens is 1. The maximum absolute atomic E-state index is 6.70. The molecule has 1 saturated heterocycles. The molecule has 0 amide bonds. The highest BCUT2D eigenvalue weighted by Gasteiger charge is 2.53. The van der Waals surface area contributed by atoms with E-state index in [1.165, 1.54) is 17.5 Å². The smallest absolute Gasteiger partial charge is 0.170 e. The second-order valence-electron chi connectivity index (χ2n) is 7.78. The van der Waals surface area contributed by atoms with Gasteiger partial charge in [0.05, 0.1) is 0 Å². The first-order valence-corrected chi connectivity index (χ1v) is 10.3. The molecule has 0 unspecified atom stereocenters. The lowest BCUT2D eigenvalue weighted by atomic mass is 9.74. The van der Waals surface area contributed by atoms with E-state index in [9.17, 15) is 0 Å². The molecule has 0 N–H and O–H groups in total. The van der Waals surface area contributed by atoms with Crippen molar-refractivity contribution in [3.63, 3.8) is 0 Å². The van der Waals surface area contributed by atoms with Crippen LogP contribution in [0.5, 0.6) is 0 Å². The van der Waals surface area contributed by atoms with Crippen molar-refractivity contribution in [2.45, 2.75) is 50.6 Å². The molecule has 1 aliphatic heterocycles. The Bertz CT molecular complexity index is 655. The van der Waals surface area contributed by atoms with Crippen LogP contribution in [0.25, 0.3) is 0 Å². The van der Waals surface area contributed by atoms with Crippen LogP contribution in [0, 0.1) is 5.41 Å². The molecule has 132 valence electrons. The van der Waals surface area contributed by atoms with Gasteiger partial charge >= 0.3 is 0 Å². The average Bonchev–Trinajstić information content (AvgIpc) is 3.02. The first-order chi connectivity index (χ1) is 12.1. The monoisotopic (exact) mass is 400 g/mol. The molecule has 2 aromatic rings. The first kappa shape index (κ1) is 17.3. The van der Waals surface area contributed by atoms with Crippen molar-refractivity contribution in [3.05, 3.63) is 71.8 Å². The number of rotatable bonds is 3. The zero-order valence-electron chi connectivity index (χ0n) is 14.7. The Morgan fingerprint density at radius 2 is 1.40 bits per heavy atom. The highest BCUT2D eigenvalue weighted by atomic mass is 79.9. The zero-order chi connectivity index (χ0) is 17.3. The molecule has 1 saturated carbocycles. The van der Waals surface area contributed by atoms with Crippen molar-refractivity contribution in [3.8, 4) is 0 Å². The topological polar surface area (TPSA) is 18.5 Å². The second-order valence-corrected chi connectivity index (χ2v) is 8.34. The molecule has 0 aromatic heterocycles. The fourth-order valence-electron chi connectivity index (χ4n) is 4.31. The van der Waals surface area contributed by atoms with Gasteiger partial charge in [0.15, 0.2) is 5.79 Å².